The number of aromatic nitrogens is 4. The number of hydrogen-bond acceptors (Lipinski definition) is 7. The van der Waals surface area contributed by atoms with Crippen molar-refractivity contribution in [3.8, 4) is 5.75 Å². The largest absolute Gasteiger partial charge is 0.496 e. The SMILES string of the molecule is COc1c(CCn2nc(C)c3c(N)ncnc32)cc(Cl)c(F)c1C1CN(CC(C)O)C1. The Morgan fingerprint density at radius 2 is 2.13 bits per heavy atom. The Balaban J connectivity index is 1.61. The van der Waals surface area contributed by atoms with Gasteiger partial charge in [0.15, 0.2) is 5.65 Å². The standard InChI is InChI=1S/C21H26ClFN6O2/c1-11(30)7-28-8-14(9-28)17-18(23)15(22)6-13(19(17)31-3)4-5-29-21-16(12(2)27-29)20(24)25-10-26-21/h6,10-11,14,30H,4-5,7-9H2,1-3H3,(H2,24,25,26). The molecule has 166 valence electrons. The van der Waals surface area contributed by atoms with Crippen LogP contribution in [-0.4, -0.2) is 62.6 Å². The second kappa shape index (κ2) is 8.57. The fraction of sp³-hybridized carbons (Fsp3) is 0.476. The number of nitrogens with zero attached hydrogens (tertiary/aromatic N) is 5. The minimum absolute atomic E-state index is 0.0357. The molecule has 1 unspecified atom stereocenters. The Bertz CT molecular complexity index is 1110. The number of aliphatic hydroxyl groups is 1. The molecule has 3 N–H and O–H groups in total. The number of aryl methyl sites for hydroxylation is 3. The van der Waals surface area contributed by atoms with E-state index in [1.165, 1.54) is 6.33 Å². The average molecular weight is 449 g/mol. The number of anilines is 1. The number of methoxy groups -OCH3 is 1. The molecule has 0 bridgehead atoms. The molecule has 3 aromatic rings. The quantitative estimate of drug-likeness (QED) is 0.572. The summed E-state index contributed by atoms with van der Waals surface area (Å²) in [7, 11) is 1.54. The van der Waals surface area contributed by atoms with E-state index in [9.17, 15) is 9.50 Å². The van der Waals surface area contributed by atoms with E-state index < -0.39 is 11.9 Å². The Kier molecular flexibility index (Phi) is 6.00. The molecule has 31 heavy (non-hydrogen) atoms. The van der Waals surface area contributed by atoms with Gasteiger partial charge in [-0.25, -0.2) is 19.0 Å². The Morgan fingerprint density at radius 1 is 1.39 bits per heavy atom. The highest BCUT2D eigenvalue weighted by Crippen LogP contribution is 2.41. The van der Waals surface area contributed by atoms with Crippen LogP contribution in [0.15, 0.2) is 12.4 Å². The maximum atomic E-state index is 15.0. The van der Waals surface area contributed by atoms with Gasteiger partial charge in [0.1, 0.15) is 23.7 Å². The maximum Gasteiger partial charge on any atom is 0.163 e. The summed E-state index contributed by atoms with van der Waals surface area (Å²) in [6.45, 7) is 5.96. The maximum absolute atomic E-state index is 15.0. The third-order valence-electron chi connectivity index (χ3n) is 5.70. The van der Waals surface area contributed by atoms with Gasteiger partial charge in [0.05, 0.1) is 29.3 Å². The third-order valence-corrected chi connectivity index (χ3v) is 5.98. The number of β-amino-alcohol motifs (C(OH)–C–C–N with tert-alkyl or cyclic N) is 1. The fourth-order valence-electron chi connectivity index (χ4n) is 4.34. The zero-order valence-electron chi connectivity index (χ0n) is 17.8. The van der Waals surface area contributed by atoms with E-state index in [1.54, 1.807) is 24.8 Å². The summed E-state index contributed by atoms with van der Waals surface area (Å²) >= 11 is 6.25. The Morgan fingerprint density at radius 3 is 2.81 bits per heavy atom. The van der Waals surface area contributed by atoms with E-state index in [0.29, 0.717) is 55.4 Å². The number of ether oxygens (including phenoxy) is 1. The van der Waals surface area contributed by atoms with Crippen LogP contribution in [0.4, 0.5) is 10.2 Å². The molecule has 1 saturated heterocycles. The molecular formula is C21H26ClFN6O2. The average Bonchev–Trinajstić information content (AvgIpc) is 3.02. The minimum Gasteiger partial charge on any atom is -0.496 e. The van der Waals surface area contributed by atoms with Gasteiger partial charge in [0, 0.05) is 37.7 Å². The van der Waals surface area contributed by atoms with Crippen molar-refractivity contribution >= 4 is 28.5 Å². The highest BCUT2D eigenvalue weighted by atomic mass is 35.5. The van der Waals surface area contributed by atoms with Gasteiger partial charge in [0.25, 0.3) is 0 Å². The lowest BCUT2D eigenvalue weighted by Crippen LogP contribution is -2.48. The molecule has 0 radical (unpaired) electrons. The highest BCUT2D eigenvalue weighted by molar-refractivity contribution is 6.31. The number of rotatable bonds is 7. The first-order valence-electron chi connectivity index (χ1n) is 10.2. The van der Waals surface area contributed by atoms with Crippen molar-refractivity contribution in [2.45, 2.75) is 38.8 Å². The first-order valence-corrected chi connectivity index (χ1v) is 10.6. The number of nitrogen functional groups attached to an aromatic ring is 1. The highest BCUT2D eigenvalue weighted by Gasteiger charge is 2.34. The van der Waals surface area contributed by atoms with Crippen molar-refractivity contribution in [3.05, 3.63) is 40.1 Å². The van der Waals surface area contributed by atoms with Crippen LogP contribution in [0.2, 0.25) is 5.02 Å². The summed E-state index contributed by atoms with van der Waals surface area (Å²) in [6, 6.07) is 1.62. The lowest BCUT2D eigenvalue weighted by molar-refractivity contribution is 0.0724. The van der Waals surface area contributed by atoms with E-state index in [1.807, 2.05) is 6.92 Å². The van der Waals surface area contributed by atoms with Crippen molar-refractivity contribution in [1.29, 1.82) is 0 Å². The smallest absolute Gasteiger partial charge is 0.163 e. The van der Waals surface area contributed by atoms with Gasteiger partial charge in [-0.2, -0.15) is 5.10 Å². The van der Waals surface area contributed by atoms with Gasteiger partial charge in [0.2, 0.25) is 0 Å². The molecule has 0 amide bonds. The van der Waals surface area contributed by atoms with Gasteiger partial charge < -0.3 is 15.6 Å². The summed E-state index contributed by atoms with van der Waals surface area (Å²) in [4.78, 5) is 10.4. The van der Waals surface area contributed by atoms with Gasteiger partial charge in [-0.1, -0.05) is 11.6 Å². The Hall–Kier alpha value is -2.49. The van der Waals surface area contributed by atoms with Crippen LogP contribution in [0.1, 0.15) is 29.7 Å². The molecule has 3 heterocycles. The van der Waals surface area contributed by atoms with E-state index in [0.717, 1.165) is 16.6 Å². The van der Waals surface area contributed by atoms with Crippen LogP contribution in [0.5, 0.6) is 5.75 Å². The predicted octanol–water partition coefficient (Wildman–Crippen LogP) is 2.54. The second-order valence-corrected chi connectivity index (χ2v) is 8.47. The predicted molar refractivity (Wildman–Crippen MR) is 117 cm³/mol. The molecule has 1 atom stereocenters. The van der Waals surface area contributed by atoms with E-state index >= 15 is 0 Å². The number of likely N-dealkylation sites (tertiary alicyclic amines) is 1. The minimum atomic E-state index is -0.440. The molecular weight excluding hydrogens is 423 g/mol. The molecule has 2 aromatic heterocycles. The first-order chi connectivity index (χ1) is 14.8. The molecule has 0 spiro atoms. The third kappa shape index (κ3) is 4.05. The van der Waals surface area contributed by atoms with Crippen molar-refractivity contribution in [1.82, 2.24) is 24.6 Å². The lowest BCUT2D eigenvalue weighted by Gasteiger charge is -2.41. The van der Waals surface area contributed by atoms with E-state index in [2.05, 4.69) is 20.0 Å². The number of fused-ring (bicyclic) bond motifs is 1. The van der Waals surface area contributed by atoms with Crippen LogP contribution in [0.25, 0.3) is 11.0 Å². The van der Waals surface area contributed by atoms with Crippen molar-refractivity contribution in [3.63, 3.8) is 0 Å². The van der Waals surface area contributed by atoms with Gasteiger partial charge in [-0.3, -0.25) is 4.90 Å². The van der Waals surface area contributed by atoms with Gasteiger partial charge in [-0.05, 0) is 31.9 Å². The van der Waals surface area contributed by atoms with Crippen LogP contribution < -0.4 is 10.5 Å². The number of nitrogens with two attached hydrogens (primary N) is 1. The zero-order valence-corrected chi connectivity index (χ0v) is 18.5. The van der Waals surface area contributed by atoms with Crippen LogP contribution in [-0.2, 0) is 13.0 Å². The normalized spacial score (nSPS) is 15.9. The van der Waals surface area contributed by atoms with Crippen LogP contribution in [0.3, 0.4) is 0 Å². The molecule has 4 rings (SSSR count). The zero-order chi connectivity index (χ0) is 22.3. The van der Waals surface area contributed by atoms with Crippen molar-refractivity contribution in [2.24, 2.45) is 0 Å². The number of hydrogen-bond donors (Lipinski definition) is 2. The molecule has 1 aliphatic rings. The Labute approximate surface area is 184 Å². The fourth-order valence-corrected chi connectivity index (χ4v) is 4.58. The van der Waals surface area contributed by atoms with E-state index in [4.69, 9.17) is 22.1 Å². The lowest BCUT2D eigenvalue weighted by atomic mass is 9.88. The summed E-state index contributed by atoms with van der Waals surface area (Å²) in [5.41, 5.74) is 8.69. The molecule has 0 aliphatic carbocycles. The topological polar surface area (TPSA) is 102 Å². The monoisotopic (exact) mass is 448 g/mol. The van der Waals surface area contributed by atoms with Gasteiger partial charge in [-0.15, -0.1) is 0 Å². The molecule has 10 heteroatoms. The summed E-state index contributed by atoms with van der Waals surface area (Å²) in [5, 5.41) is 14.9. The summed E-state index contributed by atoms with van der Waals surface area (Å²) < 4.78 is 22.4. The molecule has 1 aromatic carbocycles. The molecule has 8 nitrogen and oxygen atoms in total. The first kappa shape index (κ1) is 21.7. The number of benzene rings is 1. The van der Waals surface area contributed by atoms with Gasteiger partial charge >= 0.3 is 0 Å². The summed E-state index contributed by atoms with van der Waals surface area (Å²) in [5.74, 6) is 0.437. The van der Waals surface area contributed by atoms with Crippen molar-refractivity contribution < 1.29 is 14.2 Å². The molecule has 0 saturated carbocycles. The molecule has 1 aliphatic heterocycles. The molecule has 1 fully saturated rings. The van der Waals surface area contributed by atoms with Crippen LogP contribution in [0, 0.1) is 12.7 Å². The number of halogens is 2. The van der Waals surface area contributed by atoms with E-state index in [-0.39, 0.29) is 10.9 Å². The van der Waals surface area contributed by atoms with Crippen molar-refractivity contribution in [2.75, 3.05) is 32.5 Å². The number of aliphatic hydroxyl groups excluding tert-OH is 1. The second-order valence-electron chi connectivity index (χ2n) is 8.06. The summed E-state index contributed by atoms with van der Waals surface area (Å²) in [6.07, 6.45) is 1.52. The van der Waals surface area contributed by atoms with Crippen LogP contribution >= 0.6 is 11.6 Å².